The third-order valence-electron chi connectivity index (χ3n) is 1.63. The van der Waals surface area contributed by atoms with Crippen LogP contribution < -0.4 is 4.74 Å². The number of aromatic carboxylic acids is 1. The quantitative estimate of drug-likeness (QED) is 0.820. The van der Waals surface area contributed by atoms with Gasteiger partial charge in [-0.25, -0.2) is 18.6 Å². The van der Waals surface area contributed by atoms with Crippen molar-refractivity contribution in [2.24, 2.45) is 0 Å². The first kappa shape index (κ1) is 11.6. The Kier molecular flexibility index (Phi) is 3.41. The van der Waals surface area contributed by atoms with Crippen LogP contribution in [0, 0.1) is 0 Å². The van der Waals surface area contributed by atoms with Crippen molar-refractivity contribution in [3.63, 3.8) is 0 Å². The molecule has 1 heterocycles. The summed E-state index contributed by atoms with van der Waals surface area (Å²) in [7, 11) is 1.14. The van der Waals surface area contributed by atoms with E-state index < -0.39 is 23.7 Å². The molecule has 0 amide bonds. The van der Waals surface area contributed by atoms with Gasteiger partial charge in [0.25, 0.3) is 6.43 Å². The number of pyridine rings is 1. The number of ether oxygens (including phenoxy) is 1. The van der Waals surface area contributed by atoms with Gasteiger partial charge in [-0.05, 0) is 0 Å². The smallest absolute Gasteiger partial charge is 0.355 e. The average Bonchev–Trinajstić information content (AvgIpc) is 2.15. The van der Waals surface area contributed by atoms with Crippen LogP contribution >= 0.6 is 11.6 Å². The third kappa shape index (κ3) is 2.33. The number of carboxylic acid groups (broad SMARTS) is 1. The van der Waals surface area contributed by atoms with Crippen LogP contribution in [0.3, 0.4) is 0 Å². The maximum absolute atomic E-state index is 12.5. The number of rotatable bonds is 3. The van der Waals surface area contributed by atoms with E-state index in [0.717, 1.165) is 13.2 Å². The van der Waals surface area contributed by atoms with Gasteiger partial charge < -0.3 is 9.84 Å². The summed E-state index contributed by atoms with van der Waals surface area (Å²) in [5.74, 6) is -1.87. The summed E-state index contributed by atoms with van der Waals surface area (Å²) in [6.45, 7) is 0. The predicted octanol–water partition coefficient (Wildman–Crippen LogP) is 2.38. The lowest BCUT2D eigenvalue weighted by molar-refractivity contribution is 0.0675. The molecule has 0 saturated carbocycles. The highest BCUT2D eigenvalue weighted by Gasteiger charge is 2.25. The molecule has 0 spiro atoms. The summed E-state index contributed by atoms with van der Waals surface area (Å²) in [5, 5.41) is 8.43. The Morgan fingerprint density at radius 2 is 2.27 bits per heavy atom. The van der Waals surface area contributed by atoms with Crippen molar-refractivity contribution in [1.82, 2.24) is 4.98 Å². The van der Waals surface area contributed by atoms with Gasteiger partial charge in [0.05, 0.1) is 12.7 Å². The molecule has 0 aromatic carbocycles. The highest BCUT2D eigenvalue weighted by molar-refractivity contribution is 6.29. The number of halogens is 3. The van der Waals surface area contributed by atoms with E-state index in [1.165, 1.54) is 0 Å². The van der Waals surface area contributed by atoms with E-state index >= 15 is 0 Å². The fraction of sp³-hybridized carbons (Fsp3) is 0.250. The number of hydrogen-bond donors (Lipinski definition) is 1. The molecule has 15 heavy (non-hydrogen) atoms. The largest absolute Gasteiger partial charge is 0.496 e. The van der Waals surface area contributed by atoms with E-state index in [2.05, 4.69) is 9.72 Å². The van der Waals surface area contributed by atoms with Crippen molar-refractivity contribution in [2.45, 2.75) is 6.43 Å². The Balaban J connectivity index is 3.47. The monoisotopic (exact) mass is 237 g/mol. The number of alkyl halides is 2. The van der Waals surface area contributed by atoms with Crippen molar-refractivity contribution in [3.8, 4) is 5.75 Å². The molecule has 1 aromatic heterocycles. The van der Waals surface area contributed by atoms with Crippen LogP contribution in [0.2, 0.25) is 5.15 Å². The highest BCUT2D eigenvalue weighted by atomic mass is 35.5. The van der Waals surface area contributed by atoms with Gasteiger partial charge in [-0.1, -0.05) is 11.6 Å². The summed E-state index contributed by atoms with van der Waals surface area (Å²) >= 11 is 5.45. The summed E-state index contributed by atoms with van der Waals surface area (Å²) in [5.41, 5.74) is -1.57. The molecule has 0 unspecified atom stereocenters. The highest BCUT2D eigenvalue weighted by Crippen LogP contribution is 2.33. The van der Waals surface area contributed by atoms with Gasteiger partial charge in [-0.15, -0.1) is 0 Å². The number of nitrogens with zero attached hydrogens (tertiary/aromatic N) is 1. The second-order valence-electron chi connectivity index (χ2n) is 2.52. The van der Waals surface area contributed by atoms with Crippen LogP contribution in [0.25, 0.3) is 0 Å². The number of aromatic nitrogens is 1. The van der Waals surface area contributed by atoms with Crippen LogP contribution in [-0.4, -0.2) is 23.2 Å². The first-order valence-electron chi connectivity index (χ1n) is 3.73. The molecule has 0 saturated heterocycles. The fourth-order valence-corrected chi connectivity index (χ4v) is 1.23. The molecule has 0 aliphatic rings. The number of carboxylic acids is 1. The Morgan fingerprint density at radius 3 is 2.67 bits per heavy atom. The molecule has 4 nitrogen and oxygen atoms in total. The molecule has 0 bridgehead atoms. The molecule has 82 valence electrons. The lowest BCUT2D eigenvalue weighted by Crippen LogP contribution is -2.08. The zero-order valence-electron chi connectivity index (χ0n) is 7.50. The van der Waals surface area contributed by atoms with Crippen LogP contribution in [0.1, 0.15) is 22.5 Å². The number of methoxy groups -OCH3 is 1. The minimum atomic E-state index is -2.99. The van der Waals surface area contributed by atoms with Crippen molar-refractivity contribution < 1.29 is 23.4 Å². The number of carbonyl (C=O) groups is 1. The van der Waals surface area contributed by atoms with Crippen LogP contribution in [0.5, 0.6) is 5.75 Å². The normalized spacial score (nSPS) is 10.5. The van der Waals surface area contributed by atoms with Crippen molar-refractivity contribution in [3.05, 3.63) is 22.5 Å². The summed E-state index contributed by atoms with van der Waals surface area (Å²) in [4.78, 5) is 13.9. The predicted molar refractivity (Wildman–Crippen MR) is 47.7 cm³/mol. The molecule has 7 heteroatoms. The van der Waals surface area contributed by atoms with Crippen molar-refractivity contribution in [1.29, 1.82) is 0 Å². The lowest BCUT2D eigenvalue weighted by Gasteiger charge is -2.10. The Bertz CT molecular complexity index is 398. The standard InChI is InChI=1S/C8H6ClF2NO3/c1-15-3-2-4(9)12-6(8(13)14)5(3)7(10)11/h2,7H,1H3,(H,13,14). The fourth-order valence-electron chi connectivity index (χ4n) is 1.04. The molecular formula is C8H6ClF2NO3. The molecular weight excluding hydrogens is 232 g/mol. The third-order valence-corrected chi connectivity index (χ3v) is 1.82. The summed E-state index contributed by atoms with van der Waals surface area (Å²) in [6, 6.07) is 1.04. The second kappa shape index (κ2) is 4.39. The molecule has 1 N–H and O–H groups in total. The Morgan fingerprint density at radius 1 is 1.67 bits per heavy atom. The summed E-state index contributed by atoms with van der Waals surface area (Å²) < 4.78 is 29.7. The molecule has 1 aromatic rings. The van der Waals surface area contributed by atoms with Gasteiger partial charge in [0.2, 0.25) is 0 Å². The van der Waals surface area contributed by atoms with Gasteiger partial charge in [0.15, 0.2) is 5.69 Å². The second-order valence-corrected chi connectivity index (χ2v) is 2.90. The van der Waals surface area contributed by atoms with Gasteiger partial charge >= 0.3 is 5.97 Å². The number of hydrogen-bond acceptors (Lipinski definition) is 3. The minimum absolute atomic E-state index is 0.214. The first-order valence-corrected chi connectivity index (χ1v) is 4.11. The van der Waals surface area contributed by atoms with Crippen LogP contribution in [0.4, 0.5) is 8.78 Å². The molecule has 0 aliphatic carbocycles. The first-order chi connectivity index (χ1) is 6.97. The van der Waals surface area contributed by atoms with E-state index in [1.807, 2.05) is 0 Å². The van der Waals surface area contributed by atoms with Crippen LogP contribution in [-0.2, 0) is 0 Å². The SMILES string of the molecule is COc1cc(Cl)nc(C(=O)O)c1C(F)F. The zero-order valence-corrected chi connectivity index (χ0v) is 8.26. The zero-order chi connectivity index (χ0) is 11.6. The average molecular weight is 238 g/mol. The molecule has 0 radical (unpaired) electrons. The van der Waals surface area contributed by atoms with Crippen LogP contribution in [0.15, 0.2) is 6.07 Å². The lowest BCUT2D eigenvalue weighted by atomic mass is 10.2. The maximum atomic E-state index is 12.5. The molecule has 0 atom stereocenters. The van der Waals surface area contributed by atoms with E-state index in [4.69, 9.17) is 16.7 Å². The molecule has 0 aliphatic heterocycles. The van der Waals surface area contributed by atoms with Gasteiger partial charge in [-0.3, -0.25) is 0 Å². The van der Waals surface area contributed by atoms with E-state index in [0.29, 0.717) is 0 Å². The van der Waals surface area contributed by atoms with Crippen molar-refractivity contribution in [2.75, 3.05) is 7.11 Å². The Hall–Kier alpha value is -1.43. The van der Waals surface area contributed by atoms with E-state index in [9.17, 15) is 13.6 Å². The topological polar surface area (TPSA) is 59.4 Å². The maximum Gasteiger partial charge on any atom is 0.355 e. The van der Waals surface area contributed by atoms with Gasteiger partial charge in [-0.2, -0.15) is 0 Å². The van der Waals surface area contributed by atoms with E-state index in [1.54, 1.807) is 0 Å². The van der Waals surface area contributed by atoms with Gasteiger partial charge in [0, 0.05) is 6.07 Å². The molecule has 1 rings (SSSR count). The van der Waals surface area contributed by atoms with E-state index in [-0.39, 0.29) is 10.9 Å². The minimum Gasteiger partial charge on any atom is -0.496 e. The van der Waals surface area contributed by atoms with Gasteiger partial charge in [0.1, 0.15) is 10.9 Å². The molecule has 0 fully saturated rings. The summed E-state index contributed by atoms with van der Waals surface area (Å²) in [6.07, 6.45) is -2.99. The van der Waals surface area contributed by atoms with Crippen molar-refractivity contribution >= 4 is 17.6 Å². The Labute approximate surface area is 88.4 Å².